The maximum atomic E-state index is 12.2. The van der Waals surface area contributed by atoms with E-state index < -0.39 is 0 Å². The number of nitrogens with two attached hydrogens (primary N) is 1. The number of hydrogen-bond donors (Lipinski definition) is 3. The average Bonchev–Trinajstić information content (AvgIpc) is 2.85. The lowest BCUT2D eigenvalue weighted by Crippen LogP contribution is -2.40. The third kappa shape index (κ3) is 2.94. The summed E-state index contributed by atoms with van der Waals surface area (Å²) in [7, 11) is 0. The maximum Gasteiger partial charge on any atom is 0.272 e. The van der Waals surface area contributed by atoms with Gasteiger partial charge in [-0.15, -0.1) is 12.4 Å². The van der Waals surface area contributed by atoms with Gasteiger partial charge < -0.3 is 11.1 Å². The lowest BCUT2D eigenvalue weighted by Gasteiger charge is -2.26. The fourth-order valence-corrected chi connectivity index (χ4v) is 2.65. The van der Waals surface area contributed by atoms with Crippen molar-refractivity contribution in [3.63, 3.8) is 0 Å². The van der Waals surface area contributed by atoms with Crippen molar-refractivity contribution in [3.8, 4) is 0 Å². The van der Waals surface area contributed by atoms with Crippen LogP contribution in [0.2, 0.25) is 0 Å². The Kier molecular flexibility index (Phi) is 4.62. The van der Waals surface area contributed by atoms with Crippen LogP contribution in [-0.2, 0) is 0 Å². The van der Waals surface area contributed by atoms with Crippen LogP contribution in [0.25, 0.3) is 10.9 Å². The van der Waals surface area contributed by atoms with Crippen LogP contribution in [0.5, 0.6) is 0 Å². The summed E-state index contributed by atoms with van der Waals surface area (Å²) in [5.41, 5.74) is 7.23. The molecule has 0 spiro atoms. The molecular formula is C14H19ClN4O. The summed E-state index contributed by atoms with van der Waals surface area (Å²) in [4.78, 5) is 12.2. The van der Waals surface area contributed by atoms with E-state index in [0.717, 1.165) is 36.6 Å². The molecule has 6 heteroatoms. The minimum atomic E-state index is -0.0991. The predicted molar refractivity (Wildman–Crippen MR) is 81.0 cm³/mol. The van der Waals surface area contributed by atoms with E-state index in [2.05, 4.69) is 15.5 Å². The number of nitrogens with one attached hydrogen (secondary N) is 2. The number of nitrogens with zero attached hydrogens (tertiary/aromatic N) is 1. The molecule has 1 aliphatic carbocycles. The molecule has 0 aliphatic heterocycles. The zero-order valence-corrected chi connectivity index (χ0v) is 12.0. The number of carbonyl (C=O) groups is 1. The summed E-state index contributed by atoms with van der Waals surface area (Å²) in [6.45, 7) is 0. The standard InChI is InChI=1S/C14H18N4O.ClH/c15-9-5-7-10(8-6-9)16-14(19)13-11-3-1-2-4-12(11)17-18-13;/h1-4,9-10H,5-8,15H2,(H,16,19)(H,17,18);1H. The third-order valence-electron chi connectivity index (χ3n) is 3.79. The number of rotatable bonds is 2. The topological polar surface area (TPSA) is 83.8 Å². The lowest BCUT2D eigenvalue weighted by molar-refractivity contribution is 0.0922. The minimum absolute atomic E-state index is 0. The van der Waals surface area contributed by atoms with Crippen LogP contribution in [0.15, 0.2) is 24.3 Å². The number of aromatic nitrogens is 2. The predicted octanol–water partition coefficient (Wildman–Crippen LogP) is 1.98. The molecule has 0 saturated heterocycles. The van der Waals surface area contributed by atoms with Crippen molar-refractivity contribution in [2.24, 2.45) is 5.73 Å². The van der Waals surface area contributed by atoms with Crippen molar-refractivity contribution in [2.45, 2.75) is 37.8 Å². The fourth-order valence-electron chi connectivity index (χ4n) is 2.65. The quantitative estimate of drug-likeness (QED) is 0.792. The number of amides is 1. The van der Waals surface area contributed by atoms with E-state index in [0.29, 0.717) is 11.7 Å². The van der Waals surface area contributed by atoms with Crippen molar-refractivity contribution in [1.82, 2.24) is 15.5 Å². The fraction of sp³-hybridized carbons (Fsp3) is 0.429. The molecule has 1 fully saturated rings. The second-order valence-electron chi connectivity index (χ2n) is 5.20. The second kappa shape index (κ2) is 6.24. The van der Waals surface area contributed by atoms with Gasteiger partial charge in [0.2, 0.25) is 0 Å². The number of aromatic amines is 1. The molecule has 1 aliphatic rings. The Morgan fingerprint density at radius 2 is 1.95 bits per heavy atom. The van der Waals surface area contributed by atoms with Crippen molar-refractivity contribution in [1.29, 1.82) is 0 Å². The monoisotopic (exact) mass is 294 g/mol. The summed E-state index contributed by atoms with van der Waals surface area (Å²) in [6, 6.07) is 8.17. The van der Waals surface area contributed by atoms with Crippen LogP contribution in [0.3, 0.4) is 0 Å². The first-order valence-corrected chi connectivity index (χ1v) is 6.73. The summed E-state index contributed by atoms with van der Waals surface area (Å²) >= 11 is 0. The highest BCUT2D eigenvalue weighted by molar-refractivity contribution is 6.04. The van der Waals surface area contributed by atoms with Crippen LogP contribution in [-0.4, -0.2) is 28.2 Å². The number of para-hydroxylation sites is 1. The largest absolute Gasteiger partial charge is 0.348 e. The number of H-pyrrole nitrogens is 1. The highest BCUT2D eigenvalue weighted by Gasteiger charge is 2.22. The van der Waals surface area contributed by atoms with Gasteiger partial charge in [-0.2, -0.15) is 5.10 Å². The van der Waals surface area contributed by atoms with Crippen LogP contribution < -0.4 is 11.1 Å². The van der Waals surface area contributed by atoms with Gasteiger partial charge in [-0.05, 0) is 31.7 Å². The zero-order chi connectivity index (χ0) is 13.2. The molecule has 3 rings (SSSR count). The van der Waals surface area contributed by atoms with Gasteiger partial charge in [0.25, 0.3) is 5.91 Å². The first-order chi connectivity index (χ1) is 9.24. The van der Waals surface area contributed by atoms with Gasteiger partial charge in [0, 0.05) is 17.5 Å². The van der Waals surface area contributed by atoms with Crippen LogP contribution in [0.1, 0.15) is 36.2 Å². The Bertz CT molecular complexity index is 590. The molecule has 1 heterocycles. The molecule has 108 valence electrons. The van der Waals surface area contributed by atoms with E-state index in [1.807, 2.05) is 24.3 Å². The summed E-state index contributed by atoms with van der Waals surface area (Å²) < 4.78 is 0. The van der Waals surface area contributed by atoms with Gasteiger partial charge in [-0.3, -0.25) is 9.89 Å². The molecule has 1 aromatic heterocycles. The van der Waals surface area contributed by atoms with E-state index in [9.17, 15) is 4.79 Å². The van der Waals surface area contributed by atoms with Gasteiger partial charge in [0.15, 0.2) is 5.69 Å². The second-order valence-corrected chi connectivity index (χ2v) is 5.20. The molecule has 0 unspecified atom stereocenters. The molecule has 0 radical (unpaired) electrons. The molecule has 5 nitrogen and oxygen atoms in total. The van der Waals surface area contributed by atoms with E-state index in [1.54, 1.807) is 0 Å². The maximum absolute atomic E-state index is 12.2. The van der Waals surface area contributed by atoms with Crippen molar-refractivity contribution >= 4 is 29.2 Å². The Labute approximate surface area is 123 Å². The first kappa shape index (κ1) is 14.8. The molecular weight excluding hydrogens is 276 g/mol. The van der Waals surface area contributed by atoms with Gasteiger partial charge in [0.05, 0.1) is 5.52 Å². The van der Waals surface area contributed by atoms with Gasteiger partial charge >= 0.3 is 0 Å². The first-order valence-electron chi connectivity index (χ1n) is 6.73. The van der Waals surface area contributed by atoms with E-state index >= 15 is 0 Å². The Hall–Kier alpha value is -1.59. The Morgan fingerprint density at radius 3 is 2.70 bits per heavy atom. The smallest absolute Gasteiger partial charge is 0.272 e. The van der Waals surface area contributed by atoms with Crippen molar-refractivity contribution in [2.75, 3.05) is 0 Å². The van der Waals surface area contributed by atoms with Crippen LogP contribution in [0, 0.1) is 0 Å². The zero-order valence-electron chi connectivity index (χ0n) is 11.1. The Morgan fingerprint density at radius 1 is 1.25 bits per heavy atom. The number of hydrogen-bond acceptors (Lipinski definition) is 3. The summed E-state index contributed by atoms with van der Waals surface area (Å²) in [5.74, 6) is -0.0991. The van der Waals surface area contributed by atoms with Crippen LogP contribution >= 0.6 is 12.4 Å². The molecule has 0 atom stereocenters. The molecule has 20 heavy (non-hydrogen) atoms. The summed E-state index contributed by atoms with van der Waals surface area (Å²) in [5, 5.41) is 10.9. The molecule has 2 aromatic rings. The Balaban J connectivity index is 0.00000147. The number of benzene rings is 1. The number of halogens is 1. The lowest BCUT2D eigenvalue weighted by atomic mass is 9.92. The highest BCUT2D eigenvalue weighted by atomic mass is 35.5. The number of fused-ring (bicyclic) bond motifs is 1. The van der Waals surface area contributed by atoms with Crippen LogP contribution in [0.4, 0.5) is 0 Å². The van der Waals surface area contributed by atoms with E-state index in [-0.39, 0.29) is 24.4 Å². The molecule has 0 bridgehead atoms. The molecule has 4 N–H and O–H groups in total. The van der Waals surface area contributed by atoms with Gasteiger partial charge in [-0.1, -0.05) is 18.2 Å². The molecule has 1 saturated carbocycles. The van der Waals surface area contributed by atoms with Crippen molar-refractivity contribution in [3.05, 3.63) is 30.0 Å². The highest BCUT2D eigenvalue weighted by Crippen LogP contribution is 2.19. The van der Waals surface area contributed by atoms with Gasteiger partial charge in [-0.25, -0.2) is 0 Å². The van der Waals surface area contributed by atoms with E-state index in [1.165, 1.54) is 0 Å². The van der Waals surface area contributed by atoms with E-state index in [4.69, 9.17) is 5.73 Å². The molecule has 1 amide bonds. The third-order valence-corrected chi connectivity index (χ3v) is 3.79. The number of carbonyl (C=O) groups excluding carboxylic acids is 1. The SMILES string of the molecule is Cl.NC1CCC(NC(=O)c2n[nH]c3ccccc23)CC1. The van der Waals surface area contributed by atoms with Gasteiger partial charge in [0.1, 0.15) is 0 Å². The normalized spacial score (nSPS) is 22.2. The summed E-state index contributed by atoms with van der Waals surface area (Å²) in [6.07, 6.45) is 3.86. The van der Waals surface area contributed by atoms with Crippen molar-refractivity contribution < 1.29 is 4.79 Å². The minimum Gasteiger partial charge on any atom is -0.348 e. The average molecular weight is 295 g/mol. The molecule has 1 aromatic carbocycles.